The fraction of sp³-hybridized carbons (Fsp3) is 0.273. The van der Waals surface area contributed by atoms with Gasteiger partial charge in [0.05, 0.1) is 16.0 Å². The van der Waals surface area contributed by atoms with Crippen LogP contribution in [0.5, 0.6) is 5.75 Å². The van der Waals surface area contributed by atoms with Crippen molar-refractivity contribution in [2.45, 2.75) is 30.8 Å². The number of rotatable bonds is 4. The molecule has 0 unspecified atom stereocenters. The number of piperidine rings is 1. The lowest BCUT2D eigenvalue weighted by Crippen LogP contribution is -2.35. The Morgan fingerprint density at radius 3 is 2.52 bits per heavy atom. The Balaban J connectivity index is 1.34. The Morgan fingerprint density at radius 2 is 1.74 bits per heavy atom. The van der Waals surface area contributed by atoms with Crippen molar-refractivity contribution >= 4 is 21.6 Å². The highest BCUT2D eigenvalue weighted by Crippen LogP contribution is 2.38. The summed E-state index contributed by atoms with van der Waals surface area (Å²) in [6, 6.07) is 13.6. The molecule has 8 nitrogen and oxygen atoms in total. The second-order valence-electron chi connectivity index (χ2n) is 7.57. The van der Waals surface area contributed by atoms with Crippen LogP contribution in [0.15, 0.2) is 57.9 Å². The van der Waals surface area contributed by atoms with E-state index in [1.807, 2.05) is 24.3 Å². The minimum atomic E-state index is -3.51. The summed E-state index contributed by atoms with van der Waals surface area (Å²) in [7, 11) is -3.51. The predicted octanol–water partition coefficient (Wildman–Crippen LogP) is 3.66. The number of ether oxygens (including phenoxy) is 1. The van der Waals surface area contributed by atoms with Crippen molar-refractivity contribution in [2.75, 3.05) is 18.4 Å². The van der Waals surface area contributed by atoms with E-state index in [0.717, 1.165) is 24.8 Å². The lowest BCUT2D eigenvalue weighted by Gasteiger charge is -2.25. The van der Waals surface area contributed by atoms with Crippen LogP contribution < -0.4 is 10.1 Å². The Labute approximate surface area is 179 Å². The number of carbonyl (C=O) groups excluding carboxylic acids is 1. The third-order valence-electron chi connectivity index (χ3n) is 5.57. The van der Waals surface area contributed by atoms with Gasteiger partial charge in [-0.25, -0.2) is 8.42 Å². The summed E-state index contributed by atoms with van der Waals surface area (Å²) in [6.07, 6.45) is 2.81. The Bertz CT molecular complexity index is 1230. The van der Waals surface area contributed by atoms with Crippen LogP contribution in [-0.4, -0.2) is 36.9 Å². The summed E-state index contributed by atoms with van der Waals surface area (Å²) in [5, 5.41) is 6.69. The fourth-order valence-electron chi connectivity index (χ4n) is 3.92. The monoisotopic (exact) mass is 439 g/mol. The van der Waals surface area contributed by atoms with Crippen molar-refractivity contribution in [3.05, 3.63) is 59.8 Å². The highest BCUT2D eigenvalue weighted by Gasteiger charge is 2.29. The third kappa shape index (κ3) is 3.60. The molecule has 3 aromatic rings. The largest absolute Gasteiger partial charge is 0.488 e. The van der Waals surface area contributed by atoms with Gasteiger partial charge >= 0.3 is 0 Å². The van der Waals surface area contributed by atoms with E-state index in [4.69, 9.17) is 9.26 Å². The van der Waals surface area contributed by atoms with E-state index in [1.165, 1.54) is 16.4 Å². The molecule has 1 aromatic heterocycles. The number of hydrogen-bond acceptors (Lipinski definition) is 6. The summed E-state index contributed by atoms with van der Waals surface area (Å²) in [5.74, 6) is 0.762. The van der Waals surface area contributed by atoms with Gasteiger partial charge in [0.2, 0.25) is 10.0 Å². The molecule has 31 heavy (non-hydrogen) atoms. The van der Waals surface area contributed by atoms with Gasteiger partial charge in [0.25, 0.3) is 5.91 Å². The molecule has 160 valence electrons. The Hall–Kier alpha value is -3.17. The van der Waals surface area contributed by atoms with E-state index in [9.17, 15) is 13.2 Å². The number of fused-ring (bicyclic) bond motifs is 3. The molecule has 0 spiro atoms. The first-order valence-corrected chi connectivity index (χ1v) is 11.6. The summed E-state index contributed by atoms with van der Waals surface area (Å²) in [6.45, 7) is 1.28. The smallest absolute Gasteiger partial charge is 0.278 e. The number of benzene rings is 2. The van der Waals surface area contributed by atoms with Gasteiger partial charge in [0.15, 0.2) is 11.5 Å². The SMILES string of the molecule is O=C(Nc1ccc(S(=O)(=O)N2CCCCC2)cc1)c1noc2c1COc1ccccc1-2. The molecule has 0 aliphatic carbocycles. The van der Waals surface area contributed by atoms with Gasteiger partial charge in [0, 0.05) is 18.8 Å². The first-order chi connectivity index (χ1) is 15.0. The zero-order valence-corrected chi connectivity index (χ0v) is 17.5. The highest BCUT2D eigenvalue weighted by molar-refractivity contribution is 7.89. The van der Waals surface area contributed by atoms with E-state index < -0.39 is 15.9 Å². The van der Waals surface area contributed by atoms with Crippen LogP contribution in [0.2, 0.25) is 0 Å². The van der Waals surface area contributed by atoms with Gasteiger partial charge in [0.1, 0.15) is 12.4 Å². The van der Waals surface area contributed by atoms with Gasteiger partial charge in [-0.15, -0.1) is 0 Å². The van der Waals surface area contributed by atoms with Crippen molar-refractivity contribution in [3.63, 3.8) is 0 Å². The van der Waals surface area contributed by atoms with Crippen molar-refractivity contribution in [1.29, 1.82) is 0 Å². The van der Waals surface area contributed by atoms with Crippen molar-refractivity contribution in [2.24, 2.45) is 0 Å². The standard InChI is InChI=1S/C22H21N3O5S/c26-22(20-18-14-29-19-7-3-2-6-17(19)21(18)30-24-20)23-15-8-10-16(11-9-15)31(27,28)25-12-4-1-5-13-25/h2-3,6-11H,1,4-5,12-14H2,(H,23,26). The number of anilines is 1. The zero-order chi connectivity index (χ0) is 21.4. The molecule has 2 aliphatic rings. The molecular weight excluding hydrogens is 418 g/mol. The number of carbonyl (C=O) groups is 1. The first kappa shape index (κ1) is 19.8. The molecule has 1 fully saturated rings. The highest BCUT2D eigenvalue weighted by atomic mass is 32.2. The minimum Gasteiger partial charge on any atom is -0.488 e. The number of aromatic nitrogens is 1. The maximum absolute atomic E-state index is 12.8. The molecule has 1 saturated heterocycles. The van der Waals surface area contributed by atoms with Crippen molar-refractivity contribution in [1.82, 2.24) is 9.46 Å². The number of amides is 1. The molecule has 0 radical (unpaired) electrons. The summed E-state index contributed by atoms with van der Waals surface area (Å²) in [4.78, 5) is 13.0. The molecule has 0 atom stereocenters. The molecule has 5 rings (SSSR count). The molecule has 0 saturated carbocycles. The van der Waals surface area contributed by atoms with E-state index in [1.54, 1.807) is 12.1 Å². The Kier molecular flexibility index (Phi) is 4.99. The van der Waals surface area contributed by atoms with Crippen LogP contribution >= 0.6 is 0 Å². The average Bonchev–Trinajstić information content (AvgIpc) is 3.25. The molecule has 0 bridgehead atoms. The predicted molar refractivity (Wildman–Crippen MR) is 113 cm³/mol. The summed E-state index contributed by atoms with van der Waals surface area (Å²) in [5.41, 5.74) is 1.95. The summed E-state index contributed by atoms with van der Waals surface area (Å²) < 4.78 is 38.2. The topological polar surface area (TPSA) is 102 Å². The molecule has 9 heteroatoms. The summed E-state index contributed by atoms with van der Waals surface area (Å²) >= 11 is 0. The maximum atomic E-state index is 12.8. The van der Waals surface area contributed by atoms with E-state index in [2.05, 4.69) is 10.5 Å². The first-order valence-electron chi connectivity index (χ1n) is 10.2. The van der Waals surface area contributed by atoms with E-state index in [0.29, 0.717) is 35.9 Å². The van der Waals surface area contributed by atoms with Gasteiger partial charge in [-0.05, 0) is 49.2 Å². The van der Waals surface area contributed by atoms with Crippen molar-refractivity contribution in [3.8, 4) is 17.1 Å². The Morgan fingerprint density at radius 1 is 1.00 bits per heavy atom. The molecule has 1 amide bonds. The number of nitrogens with zero attached hydrogens (tertiary/aromatic N) is 2. The molecule has 3 heterocycles. The second-order valence-corrected chi connectivity index (χ2v) is 9.50. The van der Waals surface area contributed by atoms with E-state index >= 15 is 0 Å². The van der Waals surface area contributed by atoms with Crippen LogP contribution in [0.4, 0.5) is 5.69 Å². The second kappa shape index (κ2) is 7.82. The minimum absolute atomic E-state index is 0.148. The van der Waals surface area contributed by atoms with Gasteiger partial charge < -0.3 is 14.6 Å². The molecule has 2 aromatic carbocycles. The molecule has 2 aliphatic heterocycles. The maximum Gasteiger partial charge on any atom is 0.278 e. The molecule has 1 N–H and O–H groups in total. The normalized spacial score (nSPS) is 16.1. The van der Waals surface area contributed by atoms with Crippen LogP contribution in [-0.2, 0) is 16.6 Å². The molecular formula is C22H21N3O5S. The van der Waals surface area contributed by atoms with Gasteiger partial charge in [-0.3, -0.25) is 4.79 Å². The van der Waals surface area contributed by atoms with Gasteiger partial charge in [-0.2, -0.15) is 4.31 Å². The van der Waals surface area contributed by atoms with Crippen LogP contribution in [0, 0.1) is 0 Å². The zero-order valence-electron chi connectivity index (χ0n) is 16.7. The lowest BCUT2D eigenvalue weighted by atomic mass is 10.0. The lowest BCUT2D eigenvalue weighted by molar-refractivity contribution is 0.101. The third-order valence-corrected chi connectivity index (χ3v) is 7.48. The number of sulfonamides is 1. The van der Waals surface area contributed by atoms with Crippen molar-refractivity contribution < 1.29 is 22.5 Å². The van der Waals surface area contributed by atoms with E-state index in [-0.39, 0.29) is 17.2 Å². The van der Waals surface area contributed by atoms with Gasteiger partial charge in [-0.1, -0.05) is 23.7 Å². The number of para-hydroxylation sites is 1. The number of nitrogens with one attached hydrogen (secondary N) is 1. The number of hydrogen-bond donors (Lipinski definition) is 1. The quantitative estimate of drug-likeness (QED) is 0.666. The van der Waals surface area contributed by atoms with Crippen LogP contribution in [0.25, 0.3) is 11.3 Å². The average molecular weight is 439 g/mol. The fourth-order valence-corrected chi connectivity index (χ4v) is 5.44. The van der Waals surface area contributed by atoms with Crippen LogP contribution in [0.3, 0.4) is 0 Å². The van der Waals surface area contributed by atoms with Crippen LogP contribution in [0.1, 0.15) is 35.3 Å².